The van der Waals surface area contributed by atoms with E-state index < -0.39 is 9.84 Å². The van der Waals surface area contributed by atoms with Gasteiger partial charge >= 0.3 is 0 Å². The smallest absolute Gasteiger partial charge is 0.254 e. The van der Waals surface area contributed by atoms with Crippen molar-refractivity contribution in [1.29, 1.82) is 0 Å². The van der Waals surface area contributed by atoms with Gasteiger partial charge in [0.2, 0.25) is 0 Å². The number of amides is 1. The van der Waals surface area contributed by atoms with Crippen molar-refractivity contribution in [2.75, 3.05) is 6.26 Å². The van der Waals surface area contributed by atoms with Gasteiger partial charge < -0.3 is 5.32 Å². The molecule has 7 nitrogen and oxygen atoms in total. The molecular formula is C19H18N4O3S. The van der Waals surface area contributed by atoms with Crippen molar-refractivity contribution in [2.24, 2.45) is 0 Å². The first-order valence-electron chi connectivity index (χ1n) is 8.18. The maximum absolute atomic E-state index is 12.4. The second-order valence-corrected chi connectivity index (χ2v) is 8.08. The number of sulfone groups is 1. The van der Waals surface area contributed by atoms with Gasteiger partial charge in [-0.15, -0.1) is 0 Å². The molecule has 0 saturated carbocycles. The topological polar surface area (TPSA) is 102 Å². The molecule has 1 N–H and O–H groups in total. The first kappa shape index (κ1) is 18.7. The van der Waals surface area contributed by atoms with Crippen molar-refractivity contribution < 1.29 is 13.2 Å². The maximum atomic E-state index is 12.4. The maximum Gasteiger partial charge on any atom is 0.254 e. The zero-order valence-corrected chi connectivity index (χ0v) is 15.6. The lowest BCUT2D eigenvalue weighted by Gasteiger charge is -2.14. The Balaban J connectivity index is 1.69. The molecule has 0 aliphatic carbocycles. The molecule has 3 aromatic rings. The number of hydrogen-bond acceptors (Lipinski definition) is 6. The Morgan fingerprint density at radius 2 is 1.59 bits per heavy atom. The van der Waals surface area contributed by atoms with Gasteiger partial charge in [-0.1, -0.05) is 12.1 Å². The highest BCUT2D eigenvalue weighted by Gasteiger charge is 2.14. The monoisotopic (exact) mass is 382 g/mol. The van der Waals surface area contributed by atoms with Gasteiger partial charge in [-0.2, -0.15) is 0 Å². The number of pyridine rings is 1. The average molecular weight is 382 g/mol. The normalized spacial score (nSPS) is 12.4. The van der Waals surface area contributed by atoms with E-state index in [1.54, 1.807) is 36.7 Å². The van der Waals surface area contributed by atoms with Crippen molar-refractivity contribution in [3.05, 3.63) is 72.3 Å². The average Bonchev–Trinajstić information content (AvgIpc) is 2.68. The van der Waals surface area contributed by atoms with Crippen LogP contribution in [0.2, 0.25) is 0 Å². The van der Waals surface area contributed by atoms with Crippen LogP contribution in [0.15, 0.2) is 66.1 Å². The van der Waals surface area contributed by atoms with E-state index in [0.29, 0.717) is 11.4 Å². The highest BCUT2D eigenvalue weighted by molar-refractivity contribution is 7.90. The molecule has 3 rings (SSSR count). The summed E-state index contributed by atoms with van der Waals surface area (Å²) in [5, 5.41) is 2.85. The largest absolute Gasteiger partial charge is 0.345 e. The molecule has 0 fully saturated rings. The molecule has 0 spiro atoms. The molecule has 0 bridgehead atoms. The summed E-state index contributed by atoms with van der Waals surface area (Å²) in [4.78, 5) is 25.0. The molecule has 0 saturated heterocycles. The predicted molar refractivity (Wildman–Crippen MR) is 101 cm³/mol. The number of hydrogen-bond donors (Lipinski definition) is 1. The number of carbonyl (C=O) groups is 1. The van der Waals surface area contributed by atoms with Crippen LogP contribution in [0, 0.1) is 0 Å². The fourth-order valence-electron chi connectivity index (χ4n) is 2.46. The lowest BCUT2D eigenvalue weighted by atomic mass is 10.1. The van der Waals surface area contributed by atoms with Crippen molar-refractivity contribution in [3.63, 3.8) is 0 Å². The summed E-state index contributed by atoms with van der Waals surface area (Å²) in [5.41, 5.74) is 1.95. The summed E-state index contributed by atoms with van der Waals surface area (Å²) in [7, 11) is -3.25. The molecule has 0 aliphatic heterocycles. The minimum Gasteiger partial charge on any atom is -0.345 e. The Morgan fingerprint density at radius 3 is 2.15 bits per heavy atom. The number of rotatable bonds is 5. The number of carbonyl (C=O) groups excluding carboxylic acids is 1. The minimum absolute atomic E-state index is 0.241. The first-order valence-corrected chi connectivity index (χ1v) is 10.1. The van der Waals surface area contributed by atoms with Gasteiger partial charge in [0.25, 0.3) is 5.91 Å². The van der Waals surface area contributed by atoms with E-state index in [2.05, 4.69) is 20.3 Å². The second-order valence-electron chi connectivity index (χ2n) is 6.07. The van der Waals surface area contributed by atoms with Crippen molar-refractivity contribution in [2.45, 2.75) is 17.9 Å². The van der Waals surface area contributed by atoms with Crippen LogP contribution < -0.4 is 5.32 Å². The van der Waals surface area contributed by atoms with E-state index in [1.165, 1.54) is 24.5 Å². The predicted octanol–water partition coefficient (Wildman–Crippen LogP) is 2.43. The summed E-state index contributed by atoms with van der Waals surface area (Å²) in [6.45, 7) is 1.82. The summed E-state index contributed by atoms with van der Waals surface area (Å²) in [6, 6.07) is 9.70. The minimum atomic E-state index is -3.25. The summed E-state index contributed by atoms with van der Waals surface area (Å²) < 4.78 is 23.0. The SMILES string of the molecule is C[C@@H](NC(=O)c1cnc(-c2ccncc2)nc1)c1ccc(S(C)(=O)=O)cc1. The van der Waals surface area contributed by atoms with Gasteiger partial charge in [0.15, 0.2) is 15.7 Å². The molecule has 1 atom stereocenters. The van der Waals surface area contributed by atoms with Crippen LogP contribution >= 0.6 is 0 Å². The van der Waals surface area contributed by atoms with E-state index in [1.807, 2.05) is 6.92 Å². The molecule has 27 heavy (non-hydrogen) atoms. The zero-order valence-electron chi connectivity index (χ0n) is 14.8. The molecule has 2 heterocycles. The molecule has 1 amide bonds. The Labute approximate surface area is 157 Å². The van der Waals surface area contributed by atoms with Crippen LogP contribution in [-0.2, 0) is 9.84 Å². The summed E-state index contributed by atoms with van der Waals surface area (Å²) in [6.07, 6.45) is 7.39. The van der Waals surface area contributed by atoms with Gasteiger partial charge in [-0.25, -0.2) is 18.4 Å². The van der Waals surface area contributed by atoms with E-state index in [0.717, 1.165) is 17.4 Å². The van der Waals surface area contributed by atoms with Crippen LogP contribution in [-0.4, -0.2) is 35.5 Å². The third-order valence-electron chi connectivity index (χ3n) is 4.01. The van der Waals surface area contributed by atoms with Crippen molar-refractivity contribution in [1.82, 2.24) is 20.3 Å². The Hall–Kier alpha value is -3.13. The van der Waals surface area contributed by atoms with Gasteiger partial charge in [0, 0.05) is 36.6 Å². The number of nitrogens with one attached hydrogen (secondary N) is 1. The molecule has 0 unspecified atom stereocenters. The number of nitrogens with zero attached hydrogens (tertiary/aromatic N) is 3. The summed E-state index contributed by atoms with van der Waals surface area (Å²) >= 11 is 0. The highest BCUT2D eigenvalue weighted by atomic mass is 32.2. The van der Waals surface area contributed by atoms with Crippen LogP contribution in [0.5, 0.6) is 0 Å². The third-order valence-corrected chi connectivity index (χ3v) is 5.14. The van der Waals surface area contributed by atoms with E-state index in [-0.39, 0.29) is 16.8 Å². The van der Waals surface area contributed by atoms with Gasteiger partial charge in [0.1, 0.15) is 0 Å². The fraction of sp³-hybridized carbons (Fsp3) is 0.158. The molecular weight excluding hydrogens is 364 g/mol. The van der Waals surface area contributed by atoms with Crippen LogP contribution in [0.3, 0.4) is 0 Å². The Bertz CT molecular complexity index is 1030. The quantitative estimate of drug-likeness (QED) is 0.727. The molecule has 2 aromatic heterocycles. The van der Waals surface area contributed by atoms with Crippen molar-refractivity contribution in [3.8, 4) is 11.4 Å². The molecule has 0 aliphatic rings. The zero-order chi connectivity index (χ0) is 19.4. The lowest BCUT2D eigenvalue weighted by molar-refractivity contribution is 0.0939. The van der Waals surface area contributed by atoms with Gasteiger partial charge in [-0.05, 0) is 36.8 Å². The number of benzene rings is 1. The van der Waals surface area contributed by atoms with E-state index >= 15 is 0 Å². The number of aromatic nitrogens is 3. The van der Waals surface area contributed by atoms with Crippen LogP contribution in [0.1, 0.15) is 28.9 Å². The Morgan fingerprint density at radius 1 is 1.00 bits per heavy atom. The van der Waals surface area contributed by atoms with Crippen molar-refractivity contribution >= 4 is 15.7 Å². The highest BCUT2D eigenvalue weighted by Crippen LogP contribution is 2.17. The van der Waals surface area contributed by atoms with Crippen LogP contribution in [0.25, 0.3) is 11.4 Å². The van der Waals surface area contributed by atoms with E-state index in [4.69, 9.17) is 0 Å². The molecule has 0 radical (unpaired) electrons. The standard InChI is InChI=1S/C19H18N4O3S/c1-13(14-3-5-17(6-4-14)27(2,25)26)23-19(24)16-11-21-18(22-12-16)15-7-9-20-10-8-15/h3-13H,1-2H3,(H,23,24)/t13-/m1/s1. The first-order chi connectivity index (χ1) is 12.8. The van der Waals surface area contributed by atoms with Crippen LogP contribution in [0.4, 0.5) is 0 Å². The fourth-order valence-corrected chi connectivity index (χ4v) is 3.09. The van der Waals surface area contributed by atoms with Gasteiger partial charge in [0.05, 0.1) is 16.5 Å². The Kier molecular flexibility index (Phi) is 5.27. The summed E-state index contributed by atoms with van der Waals surface area (Å²) in [5.74, 6) is 0.203. The lowest BCUT2D eigenvalue weighted by Crippen LogP contribution is -2.27. The molecule has 8 heteroatoms. The van der Waals surface area contributed by atoms with Gasteiger partial charge in [-0.3, -0.25) is 9.78 Å². The van der Waals surface area contributed by atoms with E-state index in [9.17, 15) is 13.2 Å². The third kappa shape index (κ3) is 4.53. The second kappa shape index (κ2) is 7.63. The molecule has 138 valence electrons. The molecule has 1 aromatic carbocycles.